The molecule has 2 rings (SSSR count). The Morgan fingerprint density at radius 1 is 1.00 bits per heavy atom. The SMILES string of the molecule is CCc1cccc([C@H](CC)CCC2CCC(CC)CC2)c1. The third kappa shape index (κ3) is 4.87. The monoisotopic (exact) mass is 286 g/mol. The van der Waals surface area contributed by atoms with E-state index in [1.807, 2.05) is 0 Å². The Labute approximate surface area is 132 Å². The van der Waals surface area contributed by atoms with Gasteiger partial charge >= 0.3 is 0 Å². The van der Waals surface area contributed by atoms with Gasteiger partial charge in [0.2, 0.25) is 0 Å². The van der Waals surface area contributed by atoms with Gasteiger partial charge in [0.25, 0.3) is 0 Å². The fourth-order valence-corrected chi connectivity index (χ4v) is 4.04. The van der Waals surface area contributed by atoms with Gasteiger partial charge in [0.05, 0.1) is 0 Å². The molecule has 0 amide bonds. The topological polar surface area (TPSA) is 0 Å². The van der Waals surface area contributed by atoms with E-state index in [1.165, 1.54) is 56.9 Å². The maximum absolute atomic E-state index is 2.45. The second-order valence-corrected chi connectivity index (χ2v) is 7.08. The normalized spacial score (nSPS) is 24.0. The van der Waals surface area contributed by atoms with Crippen LogP contribution in [0.25, 0.3) is 0 Å². The number of benzene rings is 1. The van der Waals surface area contributed by atoms with E-state index in [9.17, 15) is 0 Å². The Morgan fingerprint density at radius 3 is 2.33 bits per heavy atom. The summed E-state index contributed by atoms with van der Waals surface area (Å²) < 4.78 is 0. The van der Waals surface area contributed by atoms with Crippen molar-refractivity contribution in [3.63, 3.8) is 0 Å². The molecular weight excluding hydrogens is 252 g/mol. The number of aryl methyl sites for hydroxylation is 1. The van der Waals surface area contributed by atoms with Crippen LogP contribution in [0.5, 0.6) is 0 Å². The first-order valence-corrected chi connectivity index (χ1v) is 9.35. The van der Waals surface area contributed by atoms with Gasteiger partial charge in [-0.05, 0) is 54.6 Å². The van der Waals surface area contributed by atoms with E-state index in [2.05, 4.69) is 45.0 Å². The minimum absolute atomic E-state index is 0.778. The molecule has 1 aliphatic carbocycles. The first-order chi connectivity index (χ1) is 10.3. The van der Waals surface area contributed by atoms with Crippen LogP contribution in [0.2, 0.25) is 0 Å². The second-order valence-electron chi connectivity index (χ2n) is 7.08. The molecule has 21 heavy (non-hydrogen) atoms. The van der Waals surface area contributed by atoms with Crippen LogP contribution >= 0.6 is 0 Å². The van der Waals surface area contributed by atoms with Crippen molar-refractivity contribution >= 4 is 0 Å². The fraction of sp³-hybridized carbons (Fsp3) is 0.714. The van der Waals surface area contributed by atoms with Crippen LogP contribution in [-0.2, 0) is 6.42 Å². The molecule has 1 aromatic rings. The van der Waals surface area contributed by atoms with Crippen molar-refractivity contribution in [2.24, 2.45) is 11.8 Å². The molecule has 1 atom stereocenters. The molecule has 0 heteroatoms. The average molecular weight is 287 g/mol. The summed E-state index contributed by atoms with van der Waals surface area (Å²) in [6.07, 6.45) is 12.6. The van der Waals surface area contributed by atoms with Gasteiger partial charge < -0.3 is 0 Å². The maximum atomic E-state index is 2.45. The van der Waals surface area contributed by atoms with Crippen LogP contribution in [0.3, 0.4) is 0 Å². The third-order valence-corrected chi connectivity index (χ3v) is 5.79. The Morgan fingerprint density at radius 2 is 1.71 bits per heavy atom. The molecular formula is C21H34. The number of hydrogen-bond donors (Lipinski definition) is 0. The minimum Gasteiger partial charge on any atom is -0.0651 e. The van der Waals surface area contributed by atoms with Gasteiger partial charge in [-0.2, -0.15) is 0 Å². The smallest absolute Gasteiger partial charge is 0.0164 e. The predicted octanol–water partition coefficient (Wildman–Crippen LogP) is 6.74. The molecule has 0 heterocycles. The lowest BCUT2D eigenvalue weighted by Crippen LogP contribution is -2.14. The summed E-state index contributed by atoms with van der Waals surface area (Å²) in [5.41, 5.74) is 3.08. The molecule has 0 bridgehead atoms. The minimum atomic E-state index is 0.778. The highest BCUT2D eigenvalue weighted by molar-refractivity contribution is 5.26. The van der Waals surface area contributed by atoms with Crippen LogP contribution in [0.4, 0.5) is 0 Å². The summed E-state index contributed by atoms with van der Waals surface area (Å²) in [6, 6.07) is 9.31. The Hall–Kier alpha value is -0.780. The number of rotatable bonds is 7. The van der Waals surface area contributed by atoms with Crippen molar-refractivity contribution in [3.05, 3.63) is 35.4 Å². The Balaban J connectivity index is 1.85. The lowest BCUT2D eigenvalue weighted by Gasteiger charge is -2.29. The van der Waals surface area contributed by atoms with Crippen molar-refractivity contribution < 1.29 is 0 Å². The molecule has 1 saturated carbocycles. The summed E-state index contributed by atoms with van der Waals surface area (Å²) in [5.74, 6) is 2.82. The van der Waals surface area contributed by atoms with E-state index in [1.54, 1.807) is 5.56 Å². The molecule has 0 saturated heterocycles. The zero-order valence-corrected chi connectivity index (χ0v) is 14.4. The van der Waals surface area contributed by atoms with Crippen LogP contribution in [0, 0.1) is 11.8 Å². The van der Waals surface area contributed by atoms with Crippen LogP contribution in [0.1, 0.15) is 89.2 Å². The number of hydrogen-bond acceptors (Lipinski definition) is 0. The van der Waals surface area contributed by atoms with Gasteiger partial charge in [0.15, 0.2) is 0 Å². The van der Waals surface area contributed by atoms with Crippen molar-refractivity contribution in [2.75, 3.05) is 0 Å². The zero-order valence-electron chi connectivity index (χ0n) is 14.4. The summed E-state index contributed by atoms with van der Waals surface area (Å²) >= 11 is 0. The molecule has 0 aliphatic heterocycles. The van der Waals surface area contributed by atoms with E-state index in [4.69, 9.17) is 0 Å². The zero-order chi connectivity index (χ0) is 15.1. The maximum Gasteiger partial charge on any atom is -0.0164 e. The fourth-order valence-electron chi connectivity index (χ4n) is 4.04. The predicted molar refractivity (Wildman–Crippen MR) is 93.8 cm³/mol. The molecule has 118 valence electrons. The molecule has 0 spiro atoms. The standard InChI is InChI=1S/C21H34/c1-4-17-10-12-19(13-11-17)14-15-20(6-3)21-9-7-8-18(5-2)16-21/h7-9,16-17,19-20H,4-6,10-15H2,1-3H3/t17?,19?,20-/m1/s1. The van der Waals surface area contributed by atoms with Gasteiger partial charge in [-0.25, -0.2) is 0 Å². The van der Waals surface area contributed by atoms with Gasteiger partial charge in [0.1, 0.15) is 0 Å². The molecule has 0 aromatic heterocycles. The van der Waals surface area contributed by atoms with Gasteiger partial charge in [-0.15, -0.1) is 0 Å². The second kappa shape index (κ2) is 8.61. The van der Waals surface area contributed by atoms with Crippen LogP contribution < -0.4 is 0 Å². The van der Waals surface area contributed by atoms with Crippen molar-refractivity contribution in [1.29, 1.82) is 0 Å². The summed E-state index contributed by atoms with van der Waals surface area (Å²) in [7, 11) is 0. The highest BCUT2D eigenvalue weighted by Gasteiger charge is 2.21. The molecule has 0 N–H and O–H groups in total. The summed E-state index contributed by atoms with van der Waals surface area (Å²) in [6.45, 7) is 6.97. The third-order valence-electron chi connectivity index (χ3n) is 5.79. The highest BCUT2D eigenvalue weighted by atomic mass is 14.3. The van der Waals surface area contributed by atoms with Crippen molar-refractivity contribution in [1.82, 2.24) is 0 Å². The lowest BCUT2D eigenvalue weighted by atomic mass is 9.77. The molecule has 1 aliphatic rings. The molecule has 0 unspecified atom stereocenters. The van der Waals surface area contributed by atoms with E-state index in [0.717, 1.165) is 24.2 Å². The highest BCUT2D eigenvalue weighted by Crippen LogP contribution is 2.35. The van der Waals surface area contributed by atoms with Crippen molar-refractivity contribution in [2.45, 2.75) is 84.5 Å². The van der Waals surface area contributed by atoms with Gasteiger partial charge in [-0.1, -0.05) is 77.1 Å². The van der Waals surface area contributed by atoms with Crippen molar-refractivity contribution in [3.8, 4) is 0 Å². The van der Waals surface area contributed by atoms with Crippen LogP contribution in [-0.4, -0.2) is 0 Å². The van der Waals surface area contributed by atoms with E-state index < -0.39 is 0 Å². The van der Waals surface area contributed by atoms with E-state index >= 15 is 0 Å². The quantitative estimate of drug-likeness (QED) is 0.520. The Kier molecular flexibility index (Phi) is 6.80. The first-order valence-electron chi connectivity index (χ1n) is 9.35. The average Bonchev–Trinajstić information content (AvgIpc) is 2.56. The molecule has 1 aromatic carbocycles. The molecule has 0 radical (unpaired) electrons. The summed E-state index contributed by atoms with van der Waals surface area (Å²) in [4.78, 5) is 0. The Bertz CT molecular complexity index is 398. The largest absolute Gasteiger partial charge is 0.0651 e. The summed E-state index contributed by atoms with van der Waals surface area (Å²) in [5, 5.41) is 0. The molecule has 1 fully saturated rings. The van der Waals surface area contributed by atoms with Gasteiger partial charge in [-0.3, -0.25) is 0 Å². The van der Waals surface area contributed by atoms with Crippen LogP contribution in [0.15, 0.2) is 24.3 Å². The first kappa shape index (κ1) is 16.6. The van der Waals surface area contributed by atoms with E-state index in [0.29, 0.717) is 0 Å². The lowest BCUT2D eigenvalue weighted by molar-refractivity contribution is 0.251. The van der Waals surface area contributed by atoms with Gasteiger partial charge in [0, 0.05) is 0 Å². The van der Waals surface area contributed by atoms with E-state index in [-0.39, 0.29) is 0 Å². The molecule has 0 nitrogen and oxygen atoms in total.